The standard InChI is InChI=1S/C17H18BrNO4/c1-4-23-17(22)15-10(3)14(13(8-20)19-15)16(21)11-6-5-9(2)12(18)7-11/h5-7,19-20H,4,8H2,1-3H3. The summed E-state index contributed by atoms with van der Waals surface area (Å²) in [6, 6.07) is 5.29. The molecule has 0 saturated heterocycles. The molecule has 0 saturated carbocycles. The lowest BCUT2D eigenvalue weighted by molar-refractivity contribution is 0.0519. The zero-order chi connectivity index (χ0) is 17.1. The van der Waals surface area contributed by atoms with Crippen LogP contribution in [0.3, 0.4) is 0 Å². The molecule has 0 fully saturated rings. The number of aryl methyl sites for hydroxylation is 1. The number of aliphatic hydroxyl groups is 1. The first kappa shape index (κ1) is 17.4. The van der Waals surface area contributed by atoms with Crippen LogP contribution in [0.5, 0.6) is 0 Å². The Bertz CT molecular complexity index is 764. The van der Waals surface area contributed by atoms with Gasteiger partial charge in [-0.1, -0.05) is 28.1 Å². The molecule has 0 aliphatic carbocycles. The molecule has 0 bridgehead atoms. The lowest BCUT2D eigenvalue weighted by atomic mass is 9.98. The van der Waals surface area contributed by atoms with E-state index in [9.17, 15) is 14.7 Å². The quantitative estimate of drug-likeness (QED) is 0.616. The van der Waals surface area contributed by atoms with Gasteiger partial charge in [-0.05, 0) is 38.0 Å². The van der Waals surface area contributed by atoms with Crippen LogP contribution in [0.15, 0.2) is 22.7 Å². The molecular weight excluding hydrogens is 362 g/mol. The second-order valence-corrected chi connectivity index (χ2v) is 6.00. The van der Waals surface area contributed by atoms with E-state index >= 15 is 0 Å². The molecule has 0 aliphatic heterocycles. The molecule has 0 unspecified atom stereocenters. The molecule has 1 heterocycles. The molecule has 0 amide bonds. The molecule has 0 aliphatic rings. The van der Waals surface area contributed by atoms with Gasteiger partial charge in [0, 0.05) is 15.6 Å². The number of nitrogens with one attached hydrogen (secondary N) is 1. The first-order valence-corrected chi connectivity index (χ1v) is 8.00. The highest BCUT2D eigenvalue weighted by atomic mass is 79.9. The van der Waals surface area contributed by atoms with Crippen LogP contribution in [0.25, 0.3) is 0 Å². The fourth-order valence-corrected chi connectivity index (χ4v) is 2.75. The number of halogens is 1. The summed E-state index contributed by atoms with van der Waals surface area (Å²) in [4.78, 5) is 27.6. The lowest BCUT2D eigenvalue weighted by Gasteiger charge is -2.06. The Morgan fingerprint density at radius 1 is 1.30 bits per heavy atom. The molecule has 1 aromatic carbocycles. The maximum Gasteiger partial charge on any atom is 0.355 e. The highest BCUT2D eigenvalue weighted by molar-refractivity contribution is 9.10. The summed E-state index contributed by atoms with van der Waals surface area (Å²) in [5.74, 6) is -0.789. The molecule has 6 heteroatoms. The summed E-state index contributed by atoms with van der Waals surface area (Å²) < 4.78 is 5.80. The number of hydrogen-bond donors (Lipinski definition) is 2. The van der Waals surface area contributed by atoms with Crippen LogP contribution in [-0.4, -0.2) is 28.4 Å². The number of aromatic amines is 1. The minimum absolute atomic E-state index is 0.199. The Morgan fingerprint density at radius 3 is 2.57 bits per heavy atom. The molecule has 0 atom stereocenters. The summed E-state index contributed by atoms with van der Waals surface area (Å²) in [6.07, 6.45) is 0. The molecule has 5 nitrogen and oxygen atoms in total. The molecule has 2 N–H and O–H groups in total. The van der Waals surface area contributed by atoms with Gasteiger partial charge in [0.05, 0.1) is 18.9 Å². The maximum absolute atomic E-state index is 12.8. The topological polar surface area (TPSA) is 79.4 Å². The number of carbonyl (C=O) groups is 2. The van der Waals surface area contributed by atoms with Crippen LogP contribution in [0, 0.1) is 13.8 Å². The molecule has 0 radical (unpaired) electrons. The fourth-order valence-electron chi connectivity index (χ4n) is 2.37. The van der Waals surface area contributed by atoms with Gasteiger partial charge in [-0.25, -0.2) is 4.79 Å². The van der Waals surface area contributed by atoms with Gasteiger partial charge < -0.3 is 14.8 Å². The SMILES string of the molecule is CCOC(=O)c1[nH]c(CO)c(C(=O)c2ccc(C)c(Br)c2)c1C. The van der Waals surface area contributed by atoms with Crippen molar-refractivity contribution in [2.24, 2.45) is 0 Å². The number of hydrogen-bond acceptors (Lipinski definition) is 4. The highest BCUT2D eigenvalue weighted by Gasteiger charge is 2.25. The van der Waals surface area contributed by atoms with Gasteiger partial charge in [0.1, 0.15) is 5.69 Å². The molecule has 1 aromatic heterocycles. The zero-order valence-electron chi connectivity index (χ0n) is 13.2. The Hall–Kier alpha value is -1.92. The second kappa shape index (κ2) is 7.10. The van der Waals surface area contributed by atoms with E-state index in [0.717, 1.165) is 10.0 Å². The van der Waals surface area contributed by atoms with Crippen molar-refractivity contribution in [3.05, 3.63) is 56.3 Å². The van der Waals surface area contributed by atoms with Crippen molar-refractivity contribution in [2.75, 3.05) is 6.61 Å². The van der Waals surface area contributed by atoms with E-state index in [0.29, 0.717) is 22.4 Å². The van der Waals surface area contributed by atoms with E-state index in [4.69, 9.17) is 4.74 Å². The van der Waals surface area contributed by atoms with Gasteiger partial charge >= 0.3 is 5.97 Å². The molecule has 2 aromatic rings. The van der Waals surface area contributed by atoms with Crippen molar-refractivity contribution in [1.29, 1.82) is 0 Å². The first-order chi connectivity index (χ1) is 10.9. The largest absolute Gasteiger partial charge is 0.461 e. The number of rotatable bonds is 5. The summed E-state index contributed by atoms with van der Waals surface area (Å²) >= 11 is 3.41. The maximum atomic E-state index is 12.8. The number of ether oxygens (including phenoxy) is 1. The van der Waals surface area contributed by atoms with E-state index in [1.54, 1.807) is 26.0 Å². The zero-order valence-corrected chi connectivity index (χ0v) is 14.8. The Kier molecular flexibility index (Phi) is 5.38. The van der Waals surface area contributed by atoms with Gasteiger partial charge in [-0.3, -0.25) is 4.79 Å². The van der Waals surface area contributed by atoms with Crippen molar-refractivity contribution in [2.45, 2.75) is 27.4 Å². The van der Waals surface area contributed by atoms with Gasteiger partial charge in [-0.15, -0.1) is 0 Å². The minimum Gasteiger partial charge on any atom is -0.461 e. The molecule has 23 heavy (non-hydrogen) atoms. The average Bonchev–Trinajstić information content (AvgIpc) is 2.86. The number of aromatic nitrogens is 1. The van der Waals surface area contributed by atoms with E-state index in [-0.39, 0.29) is 24.7 Å². The molecule has 2 rings (SSSR count). The summed E-state index contributed by atoms with van der Waals surface area (Å²) in [5, 5.41) is 9.52. The van der Waals surface area contributed by atoms with Crippen LogP contribution in [0.4, 0.5) is 0 Å². The van der Waals surface area contributed by atoms with Crippen molar-refractivity contribution in [1.82, 2.24) is 4.98 Å². The number of benzene rings is 1. The lowest BCUT2D eigenvalue weighted by Crippen LogP contribution is -2.08. The van der Waals surface area contributed by atoms with Gasteiger partial charge in [0.2, 0.25) is 0 Å². The average molecular weight is 380 g/mol. The van der Waals surface area contributed by atoms with Gasteiger partial charge in [0.15, 0.2) is 5.78 Å². The number of carbonyl (C=O) groups excluding carboxylic acids is 2. The number of ketones is 1. The summed E-state index contributed by atoms with van der Waals surface area (Å²) in [5.41, 5.74) is 2.80. The predicted octanol–water partition coefficient (Wildman–Crippen LogP) is 3.29. The van der Waals surface area contributed by atoms with E-state index in [2.05, 4.69) is 20.9 Å². The van der Waals surface area contributed by atoms with Gasteiger partial charge in [-0.2, -0.15) is 0 Å². The van der Waals surface area contributed by atoms with E-state index in [1.165, 1.54) is 0 Å². The Labute approximate surface area is 142 Å². The van der Waals surface area contributed by atoms with E-state index in [1.807, 2.05) is 13.0 Å². The number of H-pyrrole nitrogens is 1. The Morgan fingerprint density at radius 2 is 2.00 bits per heavy atom. The third-order valence-electron chi connectivity index (χ3n) is 3.63. The van der Waals surface area contributed by atoms with Crippen LogP contribution in [0.1, 0.15) is 50.2 Å². The predicted molar refractivity (Wildman–Crippen MR) is 89.7 cm³/mol. The molecular formula is C17H18BrNO4. The van der Waals surface area contributed by atoms with Crippen LogP contribution >= 0.6 is 15.9 Å². The van der Waals surface area contributed by atoms with Crippen LogP contribution in [-0.2, 0) is 11.3 Å². The second-order valence-electron chi connectivity index (χ2n) is 5.15. The summed E-state index contributed by atoms with van der Waals surface area (Å²) in [7, 11) is 0. The van der Waals surface area contributed by atoms with Gasteiger partial charge in [0.25, 0.3) is 0 Å². The van der Waals surface area contributed by atoms with E-state index < -0.39 is 5.97 Å². The highest BCUT2D eigenvalue weighted by Crippen LogP contribution is 2.25. The molecule has 0 spiro atoms. The minimum atomic E-state index is -0.538. The smallest absolute Gasteiger partial charge is 0.355 e. The van der Waals surface area contributed by atoms with Crippen molar-refractivity contribution < 1.29 is 19.4 Å². The fraction of sp³-hybridized carbons (Fsp3) is 0.294. The van der Waals surface area contributed by atoms with Crippen molar-refractivity contribution >= 4 is 27.7 Å². The van der Waals surface area contributed by atoms with Crippen LogP contribution < -0.4 is 0 Å². The molecule has 122 valence electrons. The number of aliphatic hydroxyl groups excluding tert-OH is 1. The number of esters is 1. The third kappa shape index (κ3) is 3.38. The van der Waals surface area contributed by atoms with Crippen LogP contribution in [0.2, 0.25) is 0 Å². The first-order valence-electron chi connectivity index (χ1n) is 7.20. The Balaban J connectivity index is 2.51. The third-order valence-corrected chi connectivity index (χ3v) is 4.48. The normalized spacial score (nSPS) is 10.7. The van der Waals surface area contributed by atoms with Crippen molar-refractivity contribution in [3.63, 3.8) is 0 Å². The monoisotopic (exact) mass is 379 g/mol. The summed E-state index contributed by atoms with van der Waals surface area (Å²) in [6.45, 7) is 5.17. The van der Waals surface area contributed by atoms with Crippen molar-refractivity contribution in [3.8, 4) is 0 Å².